The SMILES string of the molecule is CCC(NC(=O)c1cc(Br)c(Br)s1)c1ccc(C)cc1. The van der Waals surface area contributed by atoms with Crippen molar-refractivity contribution in [3.05, 3.63) is 54.6 Å². The average molecular weight is 417 g/mol. The van der Waals surface area contributed by atoms with E-state index in [0.717, 1.165) is 20.2 Å². The minimum Gasteiger partial charge on any atom is -0.345 e. The van der Waals surface area contributed by atoms with Crippen LogP contribution in [0.2, 0.25) is 0 Å². The Kier molecular flexibility index (Phi) is 5.41. The van der Waals surface area contributed by atoms with Crippen LogP contribution < -0.4 is 5.32 Å². The van der Waals surface area contributed by atoms with Gasteiger partial charge in [0.1, 0.15) is 0 Å². The molecule has 2 rings (SSSR count). The van der Waals surface area contributed by atoms with Crippen LogP contribution in [0.5, 0.6) is 0 Å². The Labute approximate surface area is 139 Å². The summed E-state index contributed by atoms with van der Waals surface area (Å²) in [5.74, 6) is -0.0335. The van der Waals surface area contributed by atoms with Crippen LogP contribution in [0, 0.1) is 6.92 Å². The van der Waals surface area contributed by atoms with Gasteiger partial charge in [0.15, 0.2) is 0 Å². The summed E-state index contributed by atoms with van der Waals surface area (Å²) < 4.78 is 1.85. The number of hydrogen-bond acceptors (Lipinski definition) is 2. The molecule has 0 aliphatic carbocycles. The molecule has 0 radical (unpaired) electrons. The van der Waals surface area contributed by atoms with E-state index in [9.17, 15) is 4.79 Å². The van der Waals surface area contributed by atoms with Gasteiger partial charge in [0.05, 0.1) is 14.7 Å². The molecule has 2 aromatic rings. The second-order valence-corrected chi connectivity index (χ2v) is 7.80. The van der Waals surface area contributed by atoms with Crippen LogP contribution in [0.25, 0.3) is 0 Å². The molecule has 1 aromatic heterocycles. The van der Waals surface area contributed by atoms with E-state index < -0.39 is 0 Å². The first-order valence-electron chi connectivity index (χ1n) is 6.33. The topological polar surface area (TPSA) is 29.1 Å². The van der Waals surface area contributed by atoms with Gasteiger partial charge in [-0.25, -0.2) is 0 Å². The number of thiophene rings is 1. The lowest BCUT2D eigenvalue weighted by atomic mass is 10.0. The maximum atomic E-state index is 12.3. The van der Waals surface area contributed by atoms with Gasteiger partial charge in [0.25, 0.3) is 5.91 Å². The van der Waals surface area contributed by atoms with E-state index in [1.54, 1.807) is 0 Å². The number of amides is 1. The highest BCUT2D eigenvalue weighted by atomic mass is 79.9. The van der Waals surface area contributed by atoms with Gasteiger partial charge in [-0.05, 0) is 56.8 Å². The third kappa shape index (κ3) is 3.71. The number of hydrogen-bond donors (Lipinski definition) is 1. The zero-order valence-corrected chi connectivity index (χ0v) is 15.2. The molecule has 20 heavy (non-hydrogen) atoms. The molecule has 0 saturated carbocycles. The number of carbonyl (C=O) groups excluding carboxylic acids is 1. The molecule has 1 unspecified atom stereocenters. The smallest absolute Gasteiger partial charge is 0.261 e. The molecule has 1 heterocycles. The highest BCUT2D eigenvalue weighted by molar-refractivity contribution is 9.13. The van der Waals surface area contributed by atoms with E-state index in [-0.39, 0.29) is 11.9 Å². The second-order valence-electron chi connectivity index (χ2n) is 4.58. The Morgan fingerprint density at radius 1 is 1.30 bits per heavy atom. The molecule has 0 spiro atoms. The molecule has 1 atom stereocenters. The summed E-state index contributed by atoms with van der Waals surface area (Å²) in [5.41, 5.74) is 2.36. The van der Waals surface area contributed by atoms with Crippen molar-refractivity contribution < 1.29 is 4.79 Å². The third-order valence-corrected chi connectivity index (χ3v) is 6.32. The Hall–Kier alpha value is -0.650. The Morgan fingerprint density at radius 2 is 1.95 bits per heavy atom. The van der Waals surface area contributed by atoms with Gasteiger partial charge in [0.2, 0.25) is 0 Å². The lowest BCUT2D eigenvalue weighted by molar-refractivity contribution is 0.0939. The van der Waals surface area contributed by atoms with Gasteiger partial charge in [-0.15, -0.1) is 11.3 Å². The fourth-order valence-electron chi connectivity index (χ4n) is 1.91. The molecule has 0 aliphatic rings. The number of nitrogens with one attached hydrogen (secondary N) is 1. The summed E-state index contributed by atoms with van der Waals surface area (Å²) in [6, 6.07) is 10.2. The summed E-state index contributed by atoms with van der Waals surface area (Å²) in [6.07, 6.45) is 0.864. The number of rotatable bonds is 4. The van der Waals surface area contributed by atoms with E-state index in [1.807, 2.05) is 6.07 Å². The Balaban J connectivity index is 2.13. The maximum Gasteiger partial charge on any atom is 0.261 e. The highest BCUT2D eigenvalue weighted by Gasteiger charge is 2.16. The van der Waals surface area contributed by atoms with Crippen LogP contribution in [-0.4, -0.2) is 5.91 Å². The van der Waals surface area contributed by atoms with Crippen molar-refractivity contribution in [1.82, 2.24) is 5.32 Å². The standard InChI is InChI=1S/C15H15Br2NOS/c1-3-12(10-6-4-9(2)5-7-10)18-15(19)13-8-11(16)14(17)20-13/h4-8,12H,3H2,1-2H3,(H,18,19). The Bertz CT molecular complexity index is 587. The predicted octanol–water partition coefficient (Wildman–Crippen LogP) is 5.46. The summed E-state index contributed by atoms with van der Waals surface area (Å²) in [6.45, 7) is 4.13. The second kappa shape index (κ2) is 6.87. The molecule has 0 saturated heterocycles. The third-order valence-electron chi connectivity index (χ3n) is 3.06. The predicted molar refractivity (Wildman–Crippen MR) is 91.4 cm³/mol. The lowest BCUT2D eigenvalue weighted by Crippen LogP contribution is -2.27. The van der Waals surface area contributed by atoms with Gasteiger partial charge in [-0.1, -0.05) is 36.8 Å². The average Bonchev–Trinajstić information content (AvgIpc) is 2.77. The molecule has 1 N–H and O–H groups in total. The zero-order chi connectivity index (χ0) is 14.7. The van der Waals surface area contributed by atoms with E-state index in [4.69, 9.17) is 0 Å². The fourth-order valence-corrected chi connectivity index (χ4v) is 3.85. The van der Waals surface area contributed by atoms with E-state index >= 15 is 0 Å². The number of halogens is 2. The number of carbonyl (C=O) groups is 1. The van der Waals surface area contributed by atoms with Crippen molar-refractivity contribution in [2.45, 2.75) is 26.3 Å². The van der Waals surface area contributed by atoms with Crippen LogP contribution in [-0.2, 0) is 0 Å². The minimum atomic E-state index is -0.0335. The van der Waals surface area contributed by atoms with Gasteiger partial charge >= 0.3 is 0 Å². The molecule has 0 fully saturated rings. The number of benzene rings is 1. The van der Waals surface area contributed by atoms with Crippen molar-refractivity contribution in [3.8, 4) is 0 Å². The highest BCUT2D eigenvalue weighted by Crippen LogP contribution is 2.32. The monoisotopic (exact) mass is 415 g/mol. The Morgan fingerprint density at radius 3 is 2.45 bits per heavy atom. The summed E-state index contributed by atoms with van der Waals surface area (Å²) in [4.78, 5) is 13.0. The van der Waals surface area contributed by atoms with Crippen LogP contribution >= 0.6 is 43.2 Å². The molecule has 1 aromatic carbocycles. The summed E-state index contributed by atoms with van der Waals surface area (Å²) in [5, 5.41) is 3.09. The van der Waals surface area contributed by atoms with Crippen LogP contribution in [0.3, 0.4) is 0 Å². The van der Waals surface area contributed by atoms with Crippen LogP contribution in [0.1, 0.15) is 40.2 Å². The molecular formula is C15H15Br2NOS. The molecule has 0 aliphatic heterocycles. The van der Waals surface area contributed by atoms with Gasteiger partial charge in [-0.2, -0.15) is 0 Å². The normalized spacial score (nSPS) is 12.2. The molecule has 0 bridgehead atoms. The van der Waals surface area contributed by atoms with Gasteiger partial charge in [-0.3, -0.25) is 4.79 Å². The molecular weight excluding hydrogens is 402 g/mol. The lowest BCUT2D eigenvalue weighted by Gasteiger charge is -2.17. The maximum absolute atomic E-state index is 12.3. The van der Waals surface area contributed by atoms with Crippen molar-refractivity contribution >= 4 is 49.1 Å². The first kappa shape index (κ1) is 15.7. The quantitative estimate of drug-likeness (QED) is 0.703. The van der Waals surface area contributed by atoms with E-state index in [1.165, 1.54) is 16.9 Å². The van der Waals surface area contributed by atoms with Gasteiger partial charge < -0.3 is 5.32 Å². The van der Waals surface area contributed by atoms with Crippen molar-refractivity contribution in [2.24, 2.45) is 0 Å². The minimum absolute atomic E-state index is 0.0335. The van der Waals surface area contributed by atoms with Crippen molar-refractivity contribution in [2.75, 3.05) is 0 Å². The van der Waals surface area contributed by atoms with E-state index in [0.29, 0.717) is 4.88 Å². The van der Waals surface area contributed by atoms with Crippen LogP contribution in [0.4, 0.5) is 0 Å². The zero-order valence-electron chi connectivity index (χ0n) is 11.2. The largest absolute Gasteiger partial charge is 0.345 e. The summed E-state index contributed by atoms with van der Waals surface area (Å²) >= 11 is 8.25. The summed E-state index contributed by atoms with van der Waals surface area (Å²) in [7, 11) is 0. The first-order valence-corrected chi connectivity index (χ1v) is 8.73. The van der Waals surface area contributed by atoms with Crippen molar-refractivity contribution in [3.63, 3.8) is 0 Å². The molecule has 2 nitrogen and oxygen atoms in total. The molecule has 1 amide bonds. The molecule has 106 valence electrons. The first-order chi connectivity index (χ1) is 9.51. The number of aryl methyl sites for hydroxylation is 1. The fraction of sp³-hybridized carbons (Fsp3) is 0.267. The van der Waals surface area contributed by atoms with Crippen LogP contribution in [0.15, 0.2) is 38.6 Å². The van der Waals surface area contributed by atoms with Crippen molar-refractivity contribution in [1.29, 1.82) is 0 Å². The molecule has 5 heteroatoms. The van der Waals surface area contributed by atoms with Gasteiger partial charge in [0, 0.05) is 4.47 Å². The van der Waals surface area contributed by atoms with E-state index in [2.05, 4.69) is 75.3 Å².